The molecule has 1 nitrogen and oxygen atoms in total. The summed E-state index contributed by atoms with van der Waals surface area (Å²) < 4.78 is 42.7. The molecule has 125 valence electrons. The quantitative estimate of drug-likeness (QED) is 0.414. The maximum absolute atomic E-state index is 13.9. The molecule has 4 heteroatoms. The Kier molecular flexibility index (Phi) is 3.75. The molecule has 1 radical (unpaired) electrons. The van der Waals surface area contributed by atoms with Gasteiger partial charge in [0, 0.05) is 34.8 Å². The number of benzene rings is 3. The molecule has 0 saturated heterocycles. The van der Waals surface area contributed by atoms with E-state index >= 15 is 0 Å². The van der Waals surface area contributed by atoms with Gasteiger partial charge in [-0.3, -0.25) is 0 Å². The molecule has 4 rings (SSSR count). The van der Waals surface area contributed by atoms with E-state index in [1.807, 2.05) is 36.4 Å². The van der Waals surface area contributed by atoms with Crippen LogP contribution in [0.1, 0.15) is 18.1 Å². The molecule has 1 aromatic heterocycles. The Morgan fingerprint density at radius 1 is 0.840 bits per heavy atom. The Morgan fingerprint density at radius 3 is 2.40 bits per heavy atom. The van der Waals surface area contributed by atoms with E-state index in [9.17, 15) is 13.2 Å². The van der Waals surface area contributed by atoms with Gasteiger partial charge < -0.3 is 4.57 Å². The lowest BCUT2D eigenvalue weighted by atomic mass is 10.0. The van der Waals surface area contributed by atoms with Gasteiger partial charge in [-0.05, 0) is 42.3 Å². The van der Waals surface area contributed by atoms with E-state index in [1.165, 1.54) is 12.5 Å². The summed E-state index contributed by atoms with van der Waals surface area (Å²) in [5.74, 6) is -3.80. The van der Waals surface area contributed by atoms with Crippen LogP contribution < -0.4 is 0 Å². The fourth-order valence-electron chi connectivity index (χ4n) is 3.33. The summed E-state index contributed by atoms with van der Waals surface area (Å²) in [6.45, 7) is 2.92. The maximum Gasteiger partial charge on any atom is 0.194 e. The van der Waals surface area contributed by atoms with Gasteiger partial charge in [0.15, 0.2) is 17.5 Å². The topological polar surface area (TPSA) is 4.93 Å². The van der Waals surface area contributed by atoms with E-state index in [-0.39, 0.29) is 5.56 Å². The molecule has 0 saturated carbocycles. The van der Waals surface area contributed by atoms with Gasteiger partial charge in [-0.25, -0.2) is 13.2 Å². The molecule has 0 aliphatic carbocycles. The molecule has 3 aromatic carbocycles. The van der Waals surface area contributed by atoms with Crippen molar-refractivity contribution < 1.29 is 13.2 Å². The summed E-state index contributed by atoms with van der Waals surface area (Å²) in [6, 6.07) is 16.0. The Hall–Kier alpha value is -2.75. The fraction of sp³-hybridized carbons (Fsp3) is 0.0952. The lowest BCUT2D eigenvalue weighted by Crippen LogP contribution is -1.97. The van der Waals surface area contributed by atoms with E-state index in [2.05, 4.69) is 17.6 Å². The molecule has 0 unspecified atom stereocenters. The largest absolute Gasteiger partial charge is 0.341 e. The van der Waals surface area contributed by atoms with Gasteiger partial charge >= 0.3 is 0 Å². The number of rotatable bonds is 3. The molecule has 0 N–H and O–H groups in total. The van der Waals surface area contributed by atoms with E-state index in [1.54, 1.807) is 0 Å². The van der Waals surface area contributed by atoms with Crippen molar-refractivity contribution in [3.05, 3.63) is 89.6 Å². The number of halogens is 3. The normalized spacial score (nSPS) is 11.5. The molecule has 0 aliphatic rings. The molecule has 0 aliphatic heterocycles. The third kappa shape index (κ3) is 2.49. The highest BCUT2D eigenvalue weighted by Gasteiger charge is 2.15. The van der Waals surface area contributed by atoms with Crippen molar-refractivity contribution in [3.63, 3.8) is 0 Å². The van der Waals surface area contributed by atoms with E-state index in [0.717, 1.165) is 40.0 Å². The molecule has 1 heterocycles. The highest BCUT2D eigenvalue weighted by atomic mass is 19.2. The van der Waals surface area contributed by atoms with Crippen LogP contribution in [0, 0.1) is 23.9 Å². The monoisotopic (exact) mass is 338 g/mol. The van der Waals surface area contributed by atoms with Crippen LogP contribution in [0.2, 0.25) is 0 Å². The fourth-order valence-corrected chi connectivity index (χ4v) is 3.33. The number of aryl methyl sites for hydroxylation is 1. The van der Waals surface area contributed by atoms with Crippen molar-refractivity contribution in [1.82, 2.24) is 4.57 Å². The number of hydrogen-bond donors (Lipinski definition) is 0. The summed E-state index contributed by atoms with van der Waals surface area (Å²) in [5.41, 5.74) is 2.98. The van der Waals surface area contributed by atoms with Crippen molar-refractivity contribution in [2.24, 2.45) is 0 Å². The molecule has 0 atom stereocenters. The zero-order valence-electron chi connectivity index (χ0n) is 13.6. The molecule has 25 heavy (non-hydrogen) atoms. The predicted molar refractivity (Wildman–Crippen MR) is 93.9 cm³/mol. The van der Waals surface area contributed by atoms with Crippen molar-refractivity contribution in [3.8, 4) is 0 Å². The number of aromatic nitrogens is 1. The van der Waals surface area contributed by atoms with Gasteiger partial charge in [-0.15, -0.1) is 0 Å². The molecule has 0 spiro atoms. The van der Waals surface area contributed by atoms with Crippen LogP contribution >= 0.6 is 0 Å². The second kappa shape index (κ2) is 5.96. The lowest BCUT2D eigenvalue weighted by Gasteiger charge is -2.06. The first-order valence-corrected chi connectivity index (χ1v) is 8.09. The average Bonchev–Trinajstić information content (AvgIpc) is 2.95. The molecule has 0 bridgehead atoms. The summed E-state index contributed by atoms with van der Waals surface area (Å²) in [5, 5.41) is 2.16. The second-order valence-corrected chi connectivity index (χ2v) is 5.95. The highest BCUT2D eigenvalue weighted by molar-refractivity contribution is 6.08. The predicted octanol–water partition coefficient (Wildman–Crippen LogP) is 5.83. The minimum absolute atomic E-state index is 0.0254. The standard InChI is InChI=1S/C21H15F3N/c1-2-25-18-6-4-3-5-15(18)16-12-13(7-10-19(16)25)11-14-8-9-17(22)21(24)20(14)23/h3-12H,2H2,1H3. The first kappa shape index (κ1) is 15.8. The molecular formula is C21H15F3N. The Balaban J connectivity index is 1.85. The van der Waals surface area contributed by atoms with Gasteiger partial charge in [0.2, 0.25) is 0 Å². The first-order chi connectivity index (χ1) is 12.1. The van der Waals surface area contributed by atoms with Gasteiger partial charge in [0.25, 0.3) is 0 Å². The lowest BCUT2D eigenvalue weighted by molar-refractivity contribution is 0.444. The Bertz CT molecular complexity index is 1100. The Morgan fingerprint density at radius 2 is 1.60 bits per heavy atom. The van der Waals surface area contributed by atoms with Crippen LogP contribution in [0.5, 0.6) is 0 Å². The molecule has 4 aromatic rings. The summed E-state index contributed by atoms with van der Waals surface area (Å²) in [4.78, 5) is 0. The second-order valence-electron chi connectivity index (χ2n) is 5.95. The van der Waals surface area contributed by atoms with Crippen LogP contribution in [-0.4, -0.2) is 4.57 Å². The minimum Gasteiger partial charge on any atom is -0.341 e. The Labute approximate surface area is 143 Å². The number of fused-ring (bicyclic) bond motifs is 3. The van der Waals surface area contributed by atoms with E-state index in [0.29, 0.717) is 0 Å². The van der Waals surface area contributed by atoms with Crippen LogP contribution in [0.15, 0.2) is 54.6 Å². The molecule has 0 amide bonds. The van der Waals surface area contributed by atoms with Crippen LogP contribution in [-0.2, 0) is 6.54 Å². The van der Waals surface area contributed by atoms with Crippen LogP contribution in [0.25, 0.3) is 21.8 Å². The average molecular weight is 338 g/mol. The highest BCUT2D eigenvalue weighted by Crippen LogP contribution is 2.31. The third-order valence-corrected chi connectivity index (χ3v) is 4.50. The SMILES string of the molecule is CCn1c2ccccc2c2cc([CH]c3ccc(F)c(F)c3F)ccc21. The molecule has 0 fully saturated rings. The summed E-state index contributed by atoms with van der Waals surface area (Å²) in [6.07, 6.45) is 1.52. The van der Waals surface area contributed by atoms with Crippen molar-refractivity contribution in [1.29, 1.82) is 0 Å². The number of nitrogens with zero attached hydrogens (tertiary/aromatic N) is 1. The smallest absolute Gasteiger partial charge is 0.194 e. The minimum atomic E-state index is -1.45. The van der Waals surface area contributed by atoms with Gasteiger partial charge in [0.1, 0.15) is 0 Å². The maximum atomic E-state index is 13.9. The third-order valence-electron chi connectivity index (χ3n) is 4.50. The van der Waals surface area contributed by atoms with E-state index < -0.39 is 17.5 Å². The van der Waals surface area contributed by atoms with Crippen molar-refractivity contribution >= 4 is 21.8 Å². The number of para-hydroxylation sites is 1. The van der Waals surface area contributed by atoms with Gasteiger partial charge in [-0.2, -0.15) is 0 Å². The van der Waals surface area contributed by atoms with Gasteiger partial charge in [0.05, 0.1) is 0 Å². The number of hydrogen-bond acceptors (Lipinski definition) is 0. The van der Waals surface area contributed by atoms with Crippen LogP contribution in [0.3, 0.4) is 0 Å². The summed E-state index contributed by atoms with van der Waals surface area (Å²) >= 11 is 0. The zero-order valence-corrected chi connectivity index (χ0v) is 13.6. The summed E-state index contributed by atoms with van der Waals surface area (Å²) in [7, 11) is 0. The van der Waals surface area contributed by atoms with Gasteiger partial charge in [-0.1, -0.05) is 30.3 Å². The van der Waals surface area contributed by atoms with Crippen LogP contribution in [0.4, 0.5) is 13.2 Å². The van der Waals surface area contributed by atoms with E-state index in [4.69, 9.17) is 0 Å². The molecular weight excluding hydrogens is 323 g/mol. The first-order valence-electron chi connectivity index (χ1n) is 8.09. The van der Waals surface area contributed by atoms with Crippen molar-refractivity contribution in [2.45, 2.75) is 13.5 Å². The van der Waals surface area contributed by atoms with Crippen molar-refractivity contribution in [2.75, 3.05) is 0 Å². The zero-order chi connectivity index (χ0) is 17.6.